The first kappa shape index (κ1) is 23.8. The maximum absolute atomic E-state index is 12.9. The summed E-state index contributed by atoms with van der Waals surface area (Å²) < 4.78 is 5.66. The molecule has 0 heterocycles. The van der Waals surface area contributed by atoms with Crippen molar-refractivity contribution in [3.05, 3.63) is 59.7 Å². The van der Waals surface area contributed by atoms with Gasteiger partial charge >= 0.3 is 12.1 Å². The summed E-state index contributed by atoms with van der Waals surface area (Å²) in [4.78, 5) is 38.0. The molecule has 7 nitrogen and oxygen atoms in total. The number of alkyl carbamates (subject to hydrolysis) is 1. The summed E-state index contributed by atoms with van der Waals surface area (Å²) in [7, 11) is 0. The number of ether oxygens (including phenoxy) is 1. The second-order valence-corrected chi connectivity index (χ2v) is 9.09. The van der Waals surface area contributed by atoms with Crippen molar-refractivity contribution in [1.29, 1.82) is 0 Å². The number of aliphatic carboxylic acids is 1. The molecule has 0 unspecified atom stereocenters. The topological polar surface area (TPSA) is 95.9 Å². The van der Waals surface area contributed by atoms with Gasteiger partial charge in [-0.3, -0.25) is 9.59 Å². The van der Waals surface area contributed by atoms with E-state index in [2.05, 4.69) is 29.6 Å². The lowest BCUT2D eigenvalue weighted by Gasteiger charge is -2.32. The van der Waals surface area contributed by atoms with E-state index in [1.54, 1.807) is 4.90 Å². The van der Waals surface area contributed by atoms with Crippen molar-refractivity contribution in [2.75, 3.05) is 19.7 Å². The number of rotatable bonds is 8. The molecule has 2 aliphatic carbocycles. The third-order valence-corrected chi connectivity index (χ3v) is 6.98. The van der Waals surface area contributed by atoms with Crippen molar-refractivity contribution >= 4 is 18.0 Å². The van der Waals surface area contributed by atoms with Gasteiger partial charge in [0.05, 0.1) is 6.42 Å². The lowest BCUT2D eigenvalue weighted by Crippen LogP contribution is -2.44. The van der Waals surface area contributed by atoms with Gasteiger partial charge in [0.2, 0.25) is 5.91 Å². The molecule has 0 saturated heterocycles. The highest BCUT2D eigenvalue weighted by atomic mass is 16.5. The minimum absolute atomic E-state index is 0.00572. The fourth-order valence-electron chi connectivity index (χ4n) is 5.26. The lowest BCUT2D eigenvalue weighted by molar-refractivity contribution is -0.140. The summed E-state index contributed by atoms with van der Waals surface area (Å²) in [6.45, 7) is 2.81. The average molecular weight is 465 g/mol. The van der Waals surface area contributed by atoms with E-state index in [1.165, 1.54) is 22.3 Å². The molecule has 0 spiro atoms. The molecule has 2 aliphatic rings. The van der Waals surface area contributed by atoms with E-state index in [9.17, 15) is 14.4 Å². The van der Waals surface area contributed by atoms with Gasteiger partial charge in [0.15, 0.2) is 0 Å². The molecular weight excluding hydrogens is 432 g/mol. The Kier molecular flexibility index (Phi) is 7.50. The summed E-state index contributed by atoms with van der Waals surface area (Å²) in [5.74, 6) is -1.14. The highest BCUT2D eigenvalue weighted by Crippen LogP contribution is 2.44. The van der Waals surface area contributed by atoms with E-state index in [1.807, 2.05) is 31.2 Å². The van der Waals surface area contributed by atoms with Crippen LogP contribution in [0.3, 0.4) is 0 Å². The van der Waals surface area contributed by atoms with E-state index in [4.69, 9.17) is 9.84 Å². The van der Waals surface area contributed by atoms with Crippen LogP contribution in [0.1, 0.15) is 56.1 Å². The van der Waals surface area contributed by atoms with Crippen molar-refractivity contribution in [2.45, 2.75) is 51.0 Å². The molecule has 4 rings (SSSR count). The van der Waals surface area contributed by atoms with Gasteiger partial charge < -0.3 is 20.1 Å². The summed E-state index contributed by atoms with van der Waals surface area (Å²) in [6.07, 6.45) is 2.42. The van der Waals surface area contributed by atoms with Crippen molar-refractivity contribution in [2.24, 2.45) is 5.92 Å². The van der Waals surface area contributed by atoms with Gasteiger partial charge in [0, 0.05) is 31.0 Å². The largest absolute Gasteiger partial charge is 0.481 e. The molecule has 0 aromatic heterocycles. The van der Waals surface area contributed by atoms with Crippen molar-refractivity contribution in [1.82, 2.24) is 10.2 Å². The number of nitrogens with zero attached hydrogens (tertiary/aromatic N) is 1. The predicted octanol–water partition coefficient (Wildman–Crippen LogP) is 4.41. The standard InChI is InChI=1S/C27H32N2O5/c1-2-29(15-14-25(30)31)26(32)18-8-7-9-19(16-18)28-27(33)34-17-24-22-12-5-3-10-20(22)21-11-4-6-13-23(21)24/h3-6,10-13,18-19,24H,2,7-9,14-17H2,1H3,(H,28,33)(H,30,31)/t18-,19+/m0/s1. The number of carboxylic acid groups (broad SMARTS) is 1. The Labute approximate surface area is 200 Å². The van der Waals surface area contributed by atoms with E-state index in [0.717, 1.165) is 19.3 Å². The molecule has 180 valence electrons. The zero-order valence-electron chi connectivity index (χ0n) is 19.5. The smallest absolute Gasteiger partial charge is 0.407 e. The Morgan fingerprint density at radius 1 is 1.03 bits per heavy atom. The molecule has 0 aliphatic heterocycles. The highest BCUT2D eigenvalue weighted by molar-refractivity contribution is 5.80. The summed E-state index contributed by atoms with van der Waals surface area (Å²) in [5, 5.41) is 11.9. The minimum atomic E-state index is -0.912. The number of carbonyl (C=O) groups is 3. The Hall–Kier alpha value is -3.35. The zero-order chi connectivity index (χ0) is 24.1. The van der Waals surface area contributed by atoms with Gasteiger partial charge in [-0.1, -0.05) is 55.0 Å². The van der Waals surface area contributed by atoms with Gasteiger partial charge in [-0.05, 0) is 48.4 Å². The van der Waals surface area contributed by atoms with E-state index in [-0.39, 0.29) is 43.4 Å². The number of nitrogens with one attached hydrogen (secondary N) is 1. The molecule has 2 amide bonds. The van der Waals surface area contributed by atoms with E-state index >= 15 is 0 Å². The van der Waals surface area contributed by atoms with E-state index < -0.39 is 12.1 Å². The number of benzene rings is 2. The quantitative estimate of drug-likeness (QED) is 0.603. The number of hydrogen-bond acceptors (Lipinski definition) is 4. The molecule has 2 aromatic rings. The summed E-state index contributed by atoms with van der Waals surface area (Å²) >= 11 is 0. The van der Waals surface area contributed by atoms with Crippen LogP contribution in [-0.4, -0.2) is 53.7 Å². The third kappa shape index (κ3) is 5.24. The van der Waals surface area contributed by atoms with Crippen LogP contribution in [0.15, 0.2) is 48.5 Å². The first-order valence-electron chi connectivity index (χ1n) is 12.1. The number of carboxylic acids is 1. The Balaban J connectivity index is 1.32. The zero-order valence-corrected chi connectivity index (χ0v) is 19.5. The molecule has 1 saturated carbocycles. The number of carbonyl (C=O) groups excluding carboxylic acids is 2. The van der Waals surface area contributed by atoms with Crippen LogP contribution in [0.2, 0.25) is 0 Å². The lowest BCUT2D eigenvalue weighted by atomic mass is 9.84. The molecule has 2 aromatic carbocycles. The van der Waals surface area contributed by atoms with Gasteiger partial charge in [-0.25, -0.2) is 4.79 Å². The van der Waals surface area contributed by atoms with Crippen molar-refractivity contribution in [3.8, 4) is 11.1 Å². The SMILES string of the molecule is CCN(CCC(=O)O)C(=O)[C@H]1CCC[C@@H](NC(=O)OCC2c3ccccc3-c3ccccc32)C1. The monoisotopic (exact) mass is 464 g/mol. The first-order valence-corrected chi connectivity index (χ1v) is 12.1. The normalized spacial score (nSPS) is 19.1. The Morgan fingerprint density at radius 2 is 1.68 bits per heavy atom. The van der Waals surface area contributed by atoms with Crippen LogP contribution < -0.4 is 5.32 Å². The van der Waals surface area contributed by atoms with Crippen LogP contribution in [0.25, 0.3) is 11.1 Å². The van der Waals surface area contributed by atoms with Gasteiger partial charge in [0.25, 0.3) is 0 Å². The fraction of sp³-hybridized carbons (Fsp3) is 0.444. The van der Waals surface area contributed by atoms with Crippen molar-refractivity contribution in [3.63, 3.8) is 0 Å². The van der Waals surface area contributed by atoms with Gasteiger partial charge in [-0.15, -0.1) is 0 Å². The summed E-state index contributed by atoms with van der Waals surface area (Å²) in [5.41, 5.74) is 4.70. The highest BCUT2D eigenvalue weighted by Gasteiger charge is 2.32. The molecular formula is C27H32N2O5. The second-order valence-electron chi connectivity index (χ2n) is 9.09. The average Bonchev–Trinajstić information content (AvgIpc) is 3.17. The maximum Gasteiger partial charge on any atom is 0.407 e. The Bertz CT molecular complexity index is 1010. The molecule has 0 radical (unpaired) electrons. The second kappa shape index (κ2) is 10.7. The molecule has 34 heavy (non-hydrogen) atoms. The molecule has 7 heteroatoms. The fourth-order valence-corrected chi connectivity index (χ4v) is 5.26. The number of amides is 2. The summed E-state index contributed by atoms with van der Waals surface area (Å²) in [6, 6.07) is 16.3. The number of fused-ring (bicyclic) bond motifs is 3. The molecule has 2 atom stereocenters. The minimum Gasteiger partial charge on any atom is -0.481 e. The van der Waals surface area contributed by atoms with Crippen LogP contribution >= 0.6 is 0 Å². The third-order valence-electron chi connectivity index (χ3n) is 6.98. The predicted molar refractivity (Wildman–Crippen MR) is 128 cm³/mol. The van der Waals surface area contributed by atoms with Crippen molar-refractivity contribution < 1.29 is 24.2 Å². The number of hydrogen-bond donors (Lipinski definition) is 2. The van der Waals surface area contributed by atoms with Crippen LogP contribution in [-0.2, 0) is 14.3 Å². The van der Waals surface area contributed by atoms with Crippen LogP contribution in [0.4, 0.5) is 4.79 Å². The molecule has 0 bridgehead atoms. The first-order chi connectivity index (χ1) is 16.5. The van der Waals surface area contributed by atoms with Crippen LogP contribution in [0.5, 0.6) is 0 Å². The Morgan fingerprint density at radius 3 is 2.29 bits per heavy atom. The molecule has 2 N–H and O–H groups in total. The van der Waals surface area contributed by atoms with E-state index in [0.29, 0.717) is 13.0 Å². The maximum atomic E-state index is 12.9. The van der Waals surface area contributed by atoms with Crippen LogP contribution in [0, 0.1) is 5.92 Å². The van der Waals surface area contributed by atoms with Gasteiger partial charge in [0.1, 0.15) is 6.61 Å². The van der Waals surface area contributed by atoms with Gasteiger partial charge in [-0.2, -0.15) is 0 Å². The molecule has 1 fully saturated rings.